The Hall–Kier alpha value is -4.26. The molecular formula is C24H20N4O3. The number of nitrogens with zero attached hydrogens (tertiary/aromatic N) is 3. The van der Waals surface area contributed by atoms with Crippen molar-refractivity contribution in [2.75, 3.05) is 12.4 Å². The Morgan fingerprint density at radius 2 is 1.65 bits per heavy atom. The lowest BCUT2D eigenvalue weighted by molar-refractivity contribution is 0.0602. The molecule has 0 saturated carbocycles. The fraction of sp³-hybridized carbons (Fsp3) is 0.0833. The first-order valence-electron chi connectivity index (χ1n) is 9.63. The highest BCUT2D eigenvalue weighted by Crippen LogP contribution is 2.23. The number of hydrogen-bond donors (Lipinski definition) is 1. The van der Waals surface area contributed by atoms with Gasteiger partial charge in [-0.3, -0.25) is 4.79 Å². The molecule has 0 radical (unpaired) electrons. The highest BCUT2D eigenvalue weighted by atomic mass is 16.5. The van der Waals surface area contributed by atoms with Crippen LogP contribution >= 0.6 is 0 Å². The van der Waals surface area contributed by atoms with E-state index >= 15 is 0 Å². The lowest BCUT2D eigenvalue weighted by Gasteiger charge is -2.10. The molecule has 0 aliphatic carbocycles. The number of rotatable bonds is 5. The number of benzene rings is 3. The van der Waals surface area contributed by atoms with Crippen molar-refractivity contribution in [3.8, 4) is 16.9 Å². The fourth-order valence-corrected chi connectivity index (χ4v) is 3.18. The minimum Gasteiger partial charge on any atom is -0.465 e. The molecule has 0 atom stereocenters. The van der Waals surface area contributed by atoms with Gasteiger partial charge in [0.15, 0.2) is 0 Å². The number of amides is 1. The molecule has 7 heteroatoms. The maximum absolute atomic E-state index is 12.7. The van der Waals surface area contributed by atoms with E-state index in [1.54, 1.807) is 59.4 Å². The van der Waals surface area contributed by atoms with E-state index in [0.717, 1.165) is 16.9 Å². The Kier molecular flexibility index (Phi) is 5.57. The summed E-state index contributed by atoms with van der Waals surface area (Å²) in [7, 11) is 1.30. The number of aryl methyl sites for hydroxylation is 1. The zero-order valence-electron chi connectivity index (χ0n) is 17.1. The number of carbonyl (C=O) groups excluding carboxylic acids is 2. The monoisotopic (exact) mass is 412 g/mol. The van der Waals surface area contributed by atoms with Crippen LogP contribution in [0.2, 0.25) is 0 Å². The van der Waals surface area contributed by atoms with Crippen LogP contribution in [0.1, 0.15) is 26.3 Å². The average molecular weight is 412 g/mol. The van der Waals surface area contributed by atoms with E-state index in [9.17, 15) is 9.59 Å². The van der Waals surface area contributed by atoms with Gasteiger partial charge < -0.3 is 10.1 Å². The minimum atomic E-state index is -0.513. The van der Waals surface area contributed by atoms with Crippen molar-refractivity contribution >= 4 is 17.6 Å². The second kappa shape index (κ2) is 8.62. The molecule has 4 rings (SSSR count). The standard InChI is InChI=1S/C24H20N4O3/c1-16-7-9-17(10-8-16)22-15-25-27-28(22)19-13-11-18(12-14-19)23(29)26-21-6-4-3-5-20(21)24(30)31-2/h3-15H,1-2H3,(H,26,29). The summed E-state index contributed by atoms with van der Waals surface area (Å²) in [6.07, 6.45) is 1.70. The van der Waals surface area contributed by atoms with Crippen molar-refractivity contribution in [1.29, 1.82) is 0 Å². The molecular weight excluding hydrogens is 392 g/mol. The van der Waals surface area contributed by atoms with Crippen LogP contribution in [-0.2, 0) is 4.74 Å². The summed E-state index contributed by atoms with van der Waals surface area (Å²) in [5.74, 6) is -0.846. The van der Waals surface area contributed by atoms with Crippen molar-refractivity contribution in [2.24, 2.45) is 0 Å². The normalized spacial score (nSPS) is 10.5. The van der Waals surface area contributed by atoms with Crippen LogP contribution in [-0.4, -0.2) is 34.0 Å². The number of nitrogens with one attached hydrogen (secondary N) is 1. The van der Waals surface area contributed by atoms with E-state index in [1.807, 2.05) is 31.2 Å². The summed E-state index contributed by atoms with van der Waals surface area (Å²) in [4.78, 5) is 24.6. The summed E-state index contributed by atoms with van der Waals surface area (Å²) in [6, 6.07) is 21.8. The third-order valence-corrected chi connectivity index (χ3v) is 4.85. The van der Waals surface area contributed by atoms with Gasteiger partial charge in [0, 0.05) is 11.1 Å². The number of ether oxygens (including phenoxy) is 1. The first kappa shape index (κ1) is 20.0. The zero-order chi connectivity index (χ0) is 21.8. The van der Waals surface area contributed by atoms with Crippen LogP contribution in [0, 0.1) is 6.92 Å². The quantitative estimate of drug-likeness (QED) is 0.495. The summed E-state index contributed by atoms with van der Waals surface area (Å²) >= 11 is 0. The van der Waals surface area contributed by atoms with Crippen molar-refractivity contribution in [3.63, 3.8) is 0 Å². The summed E-state index contributed by atoms with van der Waals surface area (Å²) in [5, 5.41) is 11.0. The Morgan fingerprint density at radius 3 is 2.35 bits per heavy atom. The summed E-state index contributed by atoms with van der Waals surface area (Å²) < 4.78 is 6.49. The Balaban J connectivity index is 1.56. The van der Waals surface area contributed by atoms with E-state index in [0.29, 0.717) is 16.8 Å². The van der Waals surface area contributed by atoms with E-state index in [2.05, 4.69) is 15.6 Å². The van der Waals surface area contributed by atoms with Crippen LogP contribution in [0.3, 0.4) is 0 Å². The van der Waals surface area contributed by atoms with Crippen molar-refractivity contribution < 1.29 is 14.3 Å². The van der Waals surface area contributed by atoms with Gasteiger partial charge in [-0.25, -0.2) is 9.48 Å². The van der Waals surface area contributed by atoms with E-state index in [-0.39, 0.29) is 5.91 Å². The molecule has 1 heterocycles. The first-order chi connectivity index (χ1) is 15.1. The molecule has 7 nitrogen and oxygen atoms in total. The molecule has 0 aliphatic rings. The molecule has 0 fully saturated rings. The Morgan fingerprint density at radius 1 is 0.935 bits per heavy atom. The van der Waals surface area contributed by atoms with Crippen LogP contribution in [0.5, 0.6) is 0 Å². The lowest BCUT2D eigenvalue weighted by Crippen LogP contribution is -2.15. The number of methoxy groups -OCH3 is 1. The number of para-hydroxylation sites is 1. The van der Waals surface area contributed by atoms with Gasteiger partial charge in [-0.2, -0.15) is 0 Å². The van der Waals surface area contributed by atoms with Crippen LogP contribution in [0.4, 0.5) is 5.69 Å². The van der Waals surface area contributed by atoms with Crippen molar-refractivity contribution in [2.45, 2.75) is 6.92 Å². The topological polar surface area (TPSA) is 86.1 Å². The second-order valence-electron chi connectivity index (χ2n) is 6.94. The minimum absolute atomic E-state index is 0.292. The van der Waals surface area contributed by atoms with Gasteiger partial charge in [0.2, 0.25) is 0 Å². The van der Waals surface area contributed by atoms with Crippen LogP contribution < -0.4 is 5.32 Å². The zero-order valence-corrected chi connectivity index (χ0v) is 17.1. The van der Waals surface area contributed by atoms with Crippen LogP contribution in [0.25, 0.3) is 16.9 Å². The predicted molar refractivity (Wildman–Crippen MR) is 117 cm³/mol. The molecule has 0 aliphatic heterocycles. The molecule has 0 unspecified atom stereocenters. The van der Waals surface area contributed by atoms with E-state index in [4.69, 9.17) is 4.74 Å². The highest BCUT2D eigenvalue weighted by molar-refractivity contribution is 6.08. The highest BCUT2D eigenvalue weighted by Gasteiger charge is 2.15. The molecule has 154 valence electrons. The number of aromatic nitrogens is 3. The van der Waals surface area contributed by atoms with Gasteiger partial charge in [-0.05, 0) is 43.3 Å². The van der Waals surface area contributed by atoms with Gasteiger partial charge in [0.1, 0.15) is 0 Å². The van der Waals surface area contributed by atoms with E-state index in [1.165, 1.54) is 12.7 Å². The van der Waals surface area contributed by atoms with Gasteiger partial charge in [0.05, 0.1) is 35.9 Å². The Labute approximate surface area is 179 Å². The molecule has 31 heavy (non-hydrogen) atoms. The maximum Gasteiger partial charge on any atom is 0.339 e. The van der Waals surface area contributed by atoms with Gasteiger partial charge >= 0.3 is 5.97 Å². The van der Waals surface area contributed by atoms with Crippen molar-refractivity contribution in [3.05, 3.63) is 95.7 Å². The lowest BCUT2D eigenvalue weighted by atomic mass is 10.1. The summed E-state index contributed by atoms with van der Waals surface area (Å²) in [5.41, 5.74) is 4.93. The number of anilines is 1. The Bertz CT molecular complexity index is 1230. The predicted octanol–water partition coefficient (Wildman–Crippen LogP) is 4.28. The number of hydrogen-bond acceptors (Lipinski definition) is 5. The molecule has 1 N–H and O–H groups in total. The van der Waals surface area contributed by atoms with Crippen LogP contribution in [0.15, 0.2) is 79.0 Å². The second-order valence-corrected chi connectivity index (χ2v) is 6.94. The fourth-order valence-electron chi connectivity index (χ4n) is 3.18. The molecule has 0 bridgehead atoms. The van der Waals surface area contributed by atoms with Gasteiger partial charge in [-0.15, -0.1) is 5.10 Å². The summed E-state index contributed by atoms with van der Waals surface area (Å²) in [6.45, 7) is 2.03. The molecule has 4 aromatic rings. The molecule has 0 saturated heterocycles. The molecule has 3 aromatic carbocycles. The number of carbonyl (C=O) groups is 2. The van der Waals surface area contributed by atoms with Gasteiger partial charge in [-0.1, -0.05) is 47.2 Å². The SMILES string of the molecule is COC(=O)c1ccccc1NC(=O)c1ccc(-n2nncc2-c2ccc(C)cc2)cc1. The van der Waals surface area contributed by atoms with E-state index < -0.39 is 5.97 Å². The maximum atomic E-state index is 12.7. The molecule has 1 amide bonds. The van der Waals surface area contributed by atoms with Gasteiger partial charge in [0.25, 0.3) is 5.91 Å². The first-order valence-corrected chi connectivity index (χ1v) is 9.63. The molecule has 0 spiro atoms. The third kappa shape index (κ3) is 4.20. The largest absolute Gasteiger partial charge is 0.465 e. The molecule has 1 aromatic heterocycles. The smallest absolute Gasteiger partial charge is 0.339 e. The number of esters is 1. The van der Waals surface area contributed by atoms with Crippen molar-refractivity contribution in [1.82, 2.24) is 15.0 Å². The third-order valence-electron chi connectivity index (χ3n) is 4.85. The average Bonchev–Trinajstić information content (AvgIpc) is 3.29.